The van der Waals surface area contributed by atoms with Crippen molar-refractivity contribution in [1.29, 1.82) is 0 Å². The van der Waals surface area contributed by atoms with Gasteiger partial charge in [0.1, 0.15) is 0 Å². The van der Waals surface area contributed by atoms with Crippen LogP contribution in [0.3, 0.4) is 0 Å². The van der Waals surface area contributed by atoms with Crippen LogP contribution in [0.15, 0.2) is 15.8 Å². The standard InChI is InChI=1S/C11H17N3O2/c1-9-8-14(11(16)12-10(9)15)7-6-13-4-2-3-5-13/h8H,2-7H2,1H3,(H,12,15,16). The SMILES string of the molecule is Cc1cn(CCN2CCCC2)c(=O)[nH]c1=O. The van der Waals surface area contributed by atoms with Crippen LogP contribution < -0.4 is 11.2 Å². The van der Waals surface area contributed by atoms with Gasteiger partial charge in [-0.1, -0.05) is 0 Å². The van der Waals surface area contributed by atoms with Gasteiger partial charge >= 0.3 is 5.69 Å². The molecule has 0 saturated carbocycles. The average Bonchev–Trinajstić information content (AvgIpc) is 2.74. The molecule has 1 aliphatic rings. The number of hydrogen-bond acceptors (Lipinski definition) is 3. The van der Waals surface area contributed by atoms with Crippen molar-refractivity contribution in [1.82, 2.24) is 14.5 Å². The van der Waals surface area contributed by atoms with E-state index in [2.05, 4.69) is 9.88 Å². The van der Waals surface area contributed by atoms with Crippen LogP contribution in [-0.2, 0) is 6.54 Å². The van der Waals surface area contributed by atoms with Crippen LogP contribution in [0.25, 0.3) is 0 Å². The van der Waals surface area contributed by atoms with Gasteiger partial charge in [-0.15, -0.1) is 0 Å². The first kappa shape index (κ1) is 11.1. The Balaban J connectivity index is 2.06. The lowest BCUT2D eigenvalue weighted by Crippen LogP contribution is -2.34. The molecule has 1 aliphatic heterocycles. The third-order valence-electron chi connectivity index (χ3n) is 3.04. The molecule has 1 N–H and O–H groups in total. The molecule has 0 atom stereocenters. The van der Waals surface area contributed by atoms with E-state index in [1.165, 1.54) is 12.8 Å². The summed E-state index contributed by atoms with van der Waals surface area (Å²) in [7, 11) is 0. The molecule has 0 radical (unpaired) electrons. The fourth-order valence-corrected chi connectivity index (χ4v) is 2.04. The monoisotopic (exact) mass is 223 g/mol. The summed E-state index contributed by atoms with van der Waals surface area (Å²) in [5.41, 5.74) is -0.0155. The number of likely N-dealkylation sites (tertiary alicyclic amines) is 1. The Kier molecular flexibility index (Phi) is 3.24. The molecule has 2 heterocycles. The second-order valence-corrected chi connectivity index (χ2v) is 4.31. The highest BCUT2D eigenvalue weighted by molar-refractivity contribution is 5.00. The molecule has 88 valence electrons. The van der Waals surface area contributed by atoms with E-state index < -0.39 is 0 Å². The minimum absolute atomic E-state index is 0.289. The summed E-state index contributed by atoms with van der Waals surface area (Å²) in [6.45, 7) is 5.49. The highest BCUT2D eigenvalue weighted by Crippen LogP contribution is 2.06. The number of aromatic amines is 1. The topological polar surface area (TPSA) is 58.1 Å². The van der Waals surface area contributed by atoms with Gasteiger partial charge in [0.2, 0.25) is 0 Å². The van der Waals surface area contributed by atoms with Crippen molar-refractivity contribution in [2.24, 2.45) is 0 Å². The zero-order valence-corrected chi connectivity index (χ0v) is 9.53. The lowest BCUT2D eigenvalue weighted by Gasteiger charge is -2.15. The van der Waals surface area contributed by atoms with Crippen LogP contribution in [0, 0.1) is 6.92 Å². The Hall–Kier alpha value is -1.36. The highest BCUT2D eigenvalue weighted by Gasteiger charge is 2.11. The molecule has 5 nitrogen and oxygen atoms in total. The molecule has 16 heavy (non-hydrogen) atoms. The summed E-state index contributed by atoms with van der Waals surface area (Å²) in [5, 5.41) is 0. The van der Waals surface area contributed by atoms with Crippen molar-refractivity contribution in [2.75, 3.05) is 19.6 Å². The van der Waals surface area contributed by atoms with E-state index in [1.54, 1.807) is 17.7 Å². The second-order valence-electron chi connectivity index (χ2n) is 4.31. The van der Waals surface area contributed by atoms with Gasteiger partial charge in [-0.2, -0.15) is 0 Å². The lowest BCUT2D eigenvalue weighted by molar-refractivity contribution is 0.319. The van der Waals surface area contributed by atoms with Gasteiger partial charge in [-0.05, 0) is 32.9 Å². The smallest absolute Gasteiger partial charge is 0.302 e. The Bertz CT molecular complexity index is 469. The molecule has 1 aromatic heterocycles. The largest absolute Gasteiger partial charge is 0.328 e. The first-order chi connectivity index (χ1) is 7.66. The summed E-state index contributed by atoms with van der Waals surface area (Å²) in [4.78, 5) is 27.3. The van der Waals surface area contributed by atoms with Crippen LogP contribution in [0.4, 0.5) is 0 Å². The highest BCUT2D eigenvalue weighted by atomic mass is 16.2. The summed E-state index contributed by atoms with van der Waals surface area (Å²) in [5.74, 6) is 0. The Morgan fingerprint density at radius 2 is 1.94 bits per heavy atom. The van der Waals surface area contributed by atoms with Crippen molar-refractivity contribution in [3.63, 3.8) is 0 Å². The van der Waals surface area contributed by atoms with Crippen molar-refractivity contribution in [3.8, 4) is 0 Å². The molecule has 0 aliphatic carbocycles. The molecule has 5 heteroatoms. The Labute approximate surface area is 93.7 Å². The molecular weight excluding hydrogens is 206 g/mol. The van der Waals surface area contributed by atoms with Gasteiger partial charge in [0.15, 0.2) is 0 Å². The van der Waals surface area contributed by atoms with E-state index in [0.717, 1.165) is 19.6 Å². The van der Waals surface area contributed by atoms with E-state index >= 15 is 0 Å². The predicted molar refractivity (Wildman–Crippen MR) is 61.7 cm³/mol. The van der Waals surface area contributed by atoms with E-state index in [0.29, 0.717) is 12.1 Å². The van der Waals surface area contributed by atoms with Crippen LogP contribution in [0.2, 0.25) is 0 Å². The van der Waals surface area contributed by atoms with E-state index in [-0.39, 0.29) is 11.2 Å². The number of aromatic nitrogens is 2. The third-order valence-corrected chi connectivity index (χ3v) is 3.04. The maximum Gasteiger partial charge on any atom is 0.328 e. The summed E-state index contributed by atoms with van der Waals surface area (Å²) in [6, 6.07) is 0. The first-order valence-corrected chi connectivity index (χ1v) is 5.69. The van der Waals surface area contributed by atoms with Gasteiger partial charge in [0, 0.05) is 24.8 Å². The molecule has 0 aromatic carbocycles. The van der Waals surface area contributed by atoms with E-state index in [1.807, 2.05) is 0 Å². The second kappa shape index (κ2) is 4.65. The molecule has 0 amide bonds. The minimum atomic E-state index is -0.310. The van der Waals surface area contributed by atoms with Gasteiger partial charge in [-0.25, -0.2) is 4.79 Å². The average molecular weight is 223 g/mol. The molecule has 1 fully saturated rings. The summed E-state index contributed by atoms with van der Waals surface area (Å²) >= 11 is 0. The third kappa shape index (κ3) is 2.41. The van der Waals surface area contributed by atoms with Gasteiger partial charge in [0.25, 0.3) is 5.56 Å². The molecule has 0 unspecified atom stereocenters. The maximum atomic E-state index is 11.5. The van der Waals surface area contributed by atoms with Crippen LogP contribution in [-0.4, -0.2) is 34.1 Å². The molecule has 0 spiro atoms. The Morgan fingerprint density at radius 3 is 2.62 bits per heavy atom. The molecule has 1 aromatic rings. The maximum absolute atomic E-state index is 11.5. The van der Waals surface area contributed by atoms with E-state index in [4.69, 9.17) is 0 Å². The number of hydrogen-bond donors (Lipinski definition) is 1. The predicted octanol–water partition coefficient (Wildman–Crippen LogP) is -0.0592. The van der Waals surface area contributed by atoms with Crippen LogP contribution in [0.1, 0.15) is 18.4 Å². The fourth-order valence-electron chi connectivity index (χ4n) is 2.04. The van der Waals surface area contributed by atoms with Crippen molar-refractivity contribution >= 4 is 0 Å². The minimum Gasteiger partial charge on any atom is -0.302 e. The van der Waals surface area contributed by atoms with E-state index in [9.17, 15) is 9.59 Å². The zero-order valence-electron chi connectivity index (χ0n) is 9.53. The number of nitrogens with zero attached hydrogens (tertiary/aromatic N) is 2. The molecular formula is C11H17N3O2. The number of H-pyrrole nitrogens is 1. The zero-order chi connectivity index (χ0) is 11.5. The summed E-state index contributed by atoms with van der Waals surface area (Å²) in [6.07, 6.45) is 4.14. The fraction of sp³-hybridized carbons (Fsp3) is 0.636. The van der Waals surface area contributed by atoms with Gasteiger partial charge in [-0.3, -0.25) is 14.3 Å². The lowest BCUT2D eigenvalue weighted by atomic mass is 10.4. The van der Waals surface area contributed by atoms with Crippen molar-refractivity contribution in [2.45, 2.75) is 26.3 Å². The number of rotatable bonds is 3. The van der Waals surface area contributed by atoms with Crippen molar-refractivity contribution in [3.05, 3.63) is 32.6 Å². The summed E-state index contributed by atoms with van der Waals surface area (Å²) < 4.78 is 1.58. The van der Waals surface area contributed by atoms with Crippen molar-refractivity contribution < 1.29 is 0 Å². The molecule has 0 bridgehead atoms. The van der Waals surface area contributed by atoms with Crippen LogP contribution >= 0.6 is 0 Å². The van der Waals surface area contributed by atoms with Gasteiger partial charge in [0.05, 0.1) is 0 Å². The number of aryl methyl sites for hydroxylation is 1. The first-order valence-electron chi connectivity index (χ1n) is 5.69. The quantitative estimate of drug-likeness (QED) is 0.781. The van der Waals surface area contributed by atoms with Crippen LogP contribution in [0.5, 0.6) is 0 Å². The molecule has 2 rings (SSSR count). The van der Waals surface area contributed by atoms with Gasteiger partial charge < -0.3 is 4.90 Å². The Morgan fingerprint density at radius 1 is 1.25 bits per heavy atom. The molecule has 1 saturated heterocycles. The normalized spacial score (nSPS) is 16.8. The number of nitrogens with one attached hydrogen (secondary N) is 1.